The van der Waals surface area contributed by atoms with Crippen molar-refractivity contribution in [3.8, 4) is 22.6 Å². The van der Waals surface area contributed by atoms with Crippen molar-refractivity contribution in [1.82, 2.24) is 0 Å². The normalized spacial score (nSPS) is 10.3. The van der Waals surface area contributed by atoms with E-state index in [1.807, 2.05) is 31.2 Å². The van der Waals surface area contributed by atoms with E-state index in [-0.39, 0.29) is 0 Å². The zero-order valence-electron chi connectivity index (χ0n) is 18.6. The smallest absolute Gasteiger partial charge is 0.338 e. The maximum absolute atomic E-state index is 11.7. The monoisotopic (exact) mass is 426 g/mol. The number of hydrogen-bond donors (Lipinski definition) is 0. The van der Waals surface area contributed by atoms with Crippen molar-refractivity contribution in [2.75, 3.05) is 0 Å². The van der Waals surface area contributed by atoms with Crippen molar-refractivity contribution in [2.45, 2.75) is 27.2 Å². The van der Waals surface area contributed by atoms with Crippen molar-refractivity contribution in [2.24, 2.45) is 0 Å². The van der Waals surface area contributed by atoms with Crippen LogP contribution in [-0.4, -0.2) is 11.9 Å². The molecule has 0 fully saturated rings. The summed E-state index contributed by atoms with van der Waals surface area (Å²) in [7, 11) is 0. The Morgan fingerprint density at radius 3 is 1.69 bits per heavy atom. The molecular weight excluding hydrogens is 400 g/mol. The minimum Gasteiger partial charge on any atom is -0.423 e. The molecule has 32 heavy (non-hydrogen) atoms. The number of aryl methyl sites for hydroxylation is 1. The Hall–Kier alpha value is -3.92. The fourth-order valence-corrected chi connectivity index (χ4v) is 3.13. The number of hydrogen-bond acceptors (Lipinski definition) is 4. The molecule has 0 unspecified atom stereocenters. The Kier molecular flexibility index (Phi) is 7.06. The fraction of sp³-hybridized carbons (Fsp3) is 0.143. The standard InChI is InChI=1S/C28H26O4/c1-18(2)27(29)31-24-12-8-22(9-13-24)17-21-6-10-23(11-7-21)26-15-14-25(16-20(26)5)32-28(30)19(3)4/h6-16H,1,3,17H2,2,4-5H3. The Balaban J connectivity index is 1.67. The Morgan fingerprint density at radius 1 is 0.719 bits per heavy atom. The first-order valence-electron chi connectivity index (χ1n) is 10.3. The van der Waals surface area contributed by atoms with Crippen molar-refractivity contribution in [3.05, 3.63) is 108 Å². The van der Waals surface area contributed by atoms with Gasteiger partial charge in [-0.1, -0.05) is 55.6 Å². The van der Waals surface area contributed by atoms with Crippen molar-refractivity contribution < 1.29 is 19.1 Å². The summed E-state index contributed by atoms with van der Waals surface area (Å²) in [6.07, 6.45) is 0.768. The SMILES string of the molecule is C=C(C)C(=O)Oc1ccc(Cc2ccc(-c3ccc(OC(=O)C(=C)C)cc3C)cc2)cc1. The van der Waals surface area contributed by atoms with E-state index in [1.54, 1.807) is 32.0 Å². The van der Waals surface area contributed by atoms with Crippen LogP contribution in [-0.2, 0) is 16.0 Å². The molecule has 3 aromatic carbocycles. The van der Waals surface area contributed by atoms with Crippen LogP contribution in [0.15, 0.2) is 91.0 Å². The molecular formula is C28H26O4. The van der Waals surface area contributed by atoms with Crippen molar-refractivity contribution in [3.63, 3.8) is 0 Å². The summed E-state index contributed by atoms with van der Waals surface area (Å²) in [6.45, 7) is 12.4. The van der Waals surface area contributed by atoms with Gasteiger partial charge in [-0.15, -0.1) is 0 Å². The van der Waals surface area contributed by atoms with E-state index in [1.165, 1.54) is 5.56 Å². The largest absolute Gasteiger partial charge is 0.423 e. The number of benzene rings is 3. The second-order valence-corrected chi connectivity index (χ2v) is 7.83. The van der Waals surface area contributed by atoms with Gasteiger partial charge in [0, 0.05) is 11.1 Å². The predicted molar refractivity (Wildman–Crippen MR) is 127 cm³/mol. The first kappa shape index (κ1) is 22.8. The molecule has 0 bridgehead atoms. The maximum Gasteiger partial charge on any atom is 0.338 e. The van der Waals surface area contributed by atoms with Gasteiger partial charge in [0.1, 0.15) is 11.5 Å². The Labute approximate surface area is 188 Å². The topological polar surface area (TPSA) is 52.6 Å². The van der Waals surface area contributed by atoms with Gasteiger partial charge in [0.25, 0.3) is 0 Å². The molecule has 0 aliphatic rings. The number of esters is 2. The average Bonchev–Trinajstić information content (AvgIpc) is 2.76. The average molecular weight is 427 g/mol. The molecule has 0 aliphatic carbocycles. The third kappa shape index (κ3) is 5.82. The molecule has 0 aromatic heterocycles. The number of carbonyl (C=O) groups is 2. The molecule has 0 radical (unpaired) electrons. The molecule has 0 aliphatic heterocycles. The molecule has 0 N–H and O–H groups in total. The zero-order valence-corrected chi connectivity index (χ0v) is 18.6. The van der Waals surface area contributed by atoms with E-state index < -0.39 is 11.9 Å². The molecule has 162 valence electrons. The summed E-state index contributed by atoms with van der Waals surface area (Å²) in [5.41, 5.74) is 6.21. The third-order valence-electron chi connectivity index (χ3n) is 4.91. The predicted octanol–water partition coefficient (Wildman–Crippen LogP) is 6.22. The van der Waals surface area contributed by atoms with Gasteiger partial charge in [0.2, 0.25) is 0 Å². The van der Waals surface area contributed by atoms with Crippen LogP contribution in [0.4, 0.5) is 0 Å². The van der Waals surface area contributed by atoms with Gasteiger partial charge in [-0.2, -0.15) is 0 Å². The second kappa shape index (κ2) is 9.92. The van der Waals surface area contributed by atoms with Gasteiger partial charge in [-0.05, 0) is 79.3 Å². The van der Waals surface area contributed by atoms with E-state index in [4.69, 9.17) is 9.47 Å². The zero-order chi connectivity index (χ0) is 23.3. The quantitative estimate of drug-likeness (QED) is 0.256. The van der Waals surface area contributed by atoms with Gasteiger partial charge in [0.05, 0.1) is 0 Å². The third-order valence-corrected chi connectivity index (χ3v) is 4.91. The van der Waals surface area contributed by atoms with Crippen LogP contribution in [0.25, 0.3) is 11.1 Å². The van der Waals surface area contributed by atoms with Crippen molar-refractivity contribution in [1.29, 1.82) is 0 Å². The van der Waals surface area contributed by atoms with Crippen LogP contribution in [0.2, 0.25) is 0 Å². The molecule has 0 heterocycles. The van der Waals surface area contributed by atoms with Crippen molar-refractivity contribution >= 4 is 11.9 Å². The summed E-state index contributed by atoms with van der Waals surface area (Å²) in [5.74, 6) is 0.160. The lowest BCUT2D eigenvalue weighted by molar-refractivity contribution is -0.130. The maximum atomic E-state index is 11.7. The summed E-state index contributed by atoms with van der Waals surface area (Å²) in [5, 5.41) is 0. The van der Waals surface area contributed by atoms with Gasteiger partial charge in [0.15, 0.2) is 0 Å². The highest BCUT2D eigenvalue weighted by Crippen LogP contribution is 2.28. The lowest BCUT2D eigenvalue weighted by Crippen LogP contribution is -2.08. The van der Waals surface area contributed by atoms with E-state index in [0.29, 0.717) is 22.6 Å². The lowest BCUT2D eigenvalue weighted by Gasteiger charge is -2.10. The summed E-state index contributed by atoms with van der Waals surface area (Å²) in [6, 6.07) is 21.4. The summed E-state index contributed by atoms with van der Waals surface area (Å²) in [4.78, 5) is 23.3. The summed E-state index contributed by atoms with van der Waals surface area (Å²) < 4.78 is 10.5. The number of ether oxygens (including phenoxy) is 2. The molecule has 0 amide bonds. The summed E-state index contributed by atoms with van der Waals surface area (Å²) >= 11 is 0. The fourth-order valence-electron chi connectivity index (χ4n) is 3.13. The first-order chi connectivity index (χ1) is 15.2. The molecule has 0 atom stereocenters. The van der Waals surface area contributed by atoms with Crippen LogP contribution in [0.5, 0.6) is 11.5 Å². The molecule has 4 heteroatoms. The molecule has 3 aromatic rings. The van der Waals surface area contributed by atoms with E-state index in [2.05, 4.69) is 37.4 Å². The minimum absolute atomic E-state index is 0.366. The number of carbonyl (C=O) groups excluding carboxylic acids is 2. The molecule has 0 spiro atoms. The highest BCUT2D eigenvalue weighted by molar-refractivity contribution is 5.89. The Bertz CT molecular complexity index is 1170. The first-order valence-corrected chi connectivity index (χ1v) is 10.3. The highest BCUT2D eigenvalue weighted by atomic mass is 16.5. The Morgan fingerprint density at radius 2 is 1.19 bits per heavy atom. The molecule has 4 nitrogen and oxygen atoms in total. The van der Waals surface area contributed by atoms with Gasteiger partial charge < -0.3 is 9.47 Å². The van der Waals surface area contributed by atoms with Crippen LogP contribution in [0.3, 0.4) is 0 Å². The van der Waals surface area contributed by atoms with E-state index in [9.17, 15) is 9.59 Å². The van der Waals surface area contributed by atoms with Gasteiger partial charge in [-0.3, -0.25) is 0 Å². The van der Waals surface area contributed by atoms with Gasteiger partial charge >= 0.3 is 11.9 Å². The van der Waals surface area contributed by atoms with Crippen LogP contribution >= 0.6 is 0 Å². The second-order valence-electron chi connectivity index (χ2n) is 7.83. The van der Waals surface area contributed by atoms with Crippen LogP contribution in [0.1, 0.15) is 30.5 Å². The van der Waals surface area contributed by atoms with E-state index >= 15 is 0 Å². The molecule has 3 rings (SSSR count). The van der Waals surface area contributed by atoms with Gasteiger partial charge in [-0.25, -0.2) is 9.59 Å². The molecule has 0 saturated carbocycles. The number of rotatable bonds is 7. The highest BCUT2D eigenvalue weighted by Gasteiger charge is 2.09. The van der Waals surface area contributed by atoms with Crippen LogP contribution < -0.4 is 9.47 Å². The minimum atomic E-state index is -0.427. The molecule has 0 saturated heterocycles. The van der Waals surface area contributed by atoms with E-state index in [0.717, 1.165) is 28.7 Å². The lowest BCUT2D eigenvalue weighted by atomic mass is 9.97. The van der Waals surface area contributed by atoms with Crippen LogP contribution in [0, 0.1) is 6.92 Å².